The first kappa shape index (κ1) is 22.8. The van der Waals surface area contributed by atoms with Crippen LogP contribution in [0.5, 0.6) is 0 Å². The van der Waals surface area contributed by atoms with Crippen molar-refractivity contribution in [1.82, 2.24) is 9.97 Å². The van der Waals surface area contributed by atoms with Gasteiger partial charge in [-0.3, -0.25) is 4.79 Å². The number of H-pyrrole nitrogens is 1. The molecule has 1 aromatic heterocycles. The van der Waals surface area contributed by atoms with Gasteiger partial charge in [-0.25, -0.2) is 13.4 Å². The summed E-state index contributed by atoms with van der Waals surface area (Å²) in [6.07, 6.45) is 0. The lowest BCUT2D eigenvalue weighted by atomic mass is 10.1. The maximum atomic E-state index is 13.3. The number of amides is 1. The summed E-state index contributed by atoms with van der Waals surface area (Å²) in [6.45, 7) is 3.92. The highest BCUT2D eigenvalue weighted by atomic mass is 32.2. The Morgan fingerprint density at radius 3 is 2.36 bits per heavy atom. The Labute approximate surface area is 197 Å². The van der Waals surface area contributed by atoms with Gasteiger partial charge in [0.15, 0.2) is 5.03 Å². The molecule has 0 fully saturated rings. The number of sulfone groups is 1. The molecule has 0 bridgehead atoms. The van der Waals surface area contributed by atoms with Crippen LogP contribution in [0.2, 0.25) is 0 Å². The van der Waals surface area contributed by atoms with Gasteiger partial charge in [0.2, 0.25) is 15.7 Å². The number of aromatic amines is 1. The second-order valence-corrected chi connectivity index (χ2v) is 10.5. The standard InChI is InChI=1S/C25H23N3O3S2/c1-17-11-13-19(14-12-17)23-27-24(25(28-23)33(30,31)21-9-4-3-5-10-21)32-16-22(29)26-20-8-6-7-18(2)15-20/h3-15H,16H2,1-2H3,(H,26,29)(H,27,28). The molecule has 4 aromatic rings. The lowest BCUT2D eigenvalue weighted by molar-refractivity contribution is -0.113. The molecule has 0 radical (unpaired) electrons. The molecule has 1 heterocycles. The number of carbonyl (C=O) groups excluding carboxylic acids is 1. The van der Waals surface area contributed by atoms with E-state index < -0.39 is 9.84 Å². The van der Waals surface area contributed by atoms with Gasteiger partial charge >= 0.3 is 0 Å². The van der Waals surface area contributed by atoms with Crippen LogP contribution in [0, 0.1) is 13.8 Å². The van der Waals surface area contributed by atoms with E-state index >= 15 is 0 Å². The van der Waals surface area contributed by atoms with Crippen LogP contribution < -0.4 is 5.32 Å². The number of hydrogen-bond donors (Lipinski definition) is 2. The molecule has 0 saturated heterocycles. The first-order valence-electron chi connectivity index (χ1n) is 10.3. The van der Waals surface area contributed by atoms with Gasteiger partial charge in [-0.1, -0.05) is 71.9 Å². The van der Waals surface area contributed by atoms with E-state index in [0.29, 0.717) is 11.5 Å². The SMILES string of the molecule is Cc1ccc(-c2nc(SCC(=O)Nc3cccc(C)c3)c(S(=O)(=O)c3ccccc3)[nH]2)cc1. The fourth-order valence-corrected chi connectivity index (χ4v) is 5.68. The first-order valence-corrected chi connectivity index (χ1v) is 12.8. The van der Waals surface area contributed by atoms with Gasteiger partial charge < -0.3 is 10.3 Å². The average Bonchev–Trinajstić information content (AvgIpc) is 3.24. The Bertz CT molecular complexity index is 1380. The van der Waals surface area contributed by atoms with Crippen LogP contribution in [0.25, 0.3) is 11.4 Å². The second kappa shape index (κ2) is 9.64. The van der Waals surface area contributed by atoms with Crippen LogP contribution in [-0.4, -0.2) is 30.0 Å². The number of nitrogens with zero attached hydrogens (tertiary/aromatic N) is 1. The minimum Gasteiger partial charge on any atom is -0.328 e. The highest BCUT2D eigenvalue weighted by molar-refractivity contribution is 8.00. The Hall–Kier alpha value is -3.36. The van der Waals surface area contributed by atoms with E-state index in [9.17, 15) is 13.2 Å². The van der Waals surface area contributed by atoms with Crippen LogP contribution >= 0.6 is 11.8 Å². The fraction of sp³-hybridized carbons (Fsp3) is 0.120. The maximum absolute atomic E-state index is 13.3. The molecular formula is C25H23N3O3S2. The van der Waals surface area contributed by atoms with Gasteiger partial charge in [-0.05, 0) is 43.7 Å². The summed E-state index contributed by atoms with van der Waals surface area (Å²) in [5.41, 5.74) is 3.58. The number of hydrogen-bond acceptors (Lipinski definition) is 5. The Balaban J connectivity index is 1.64. The molecule has 33 heavy (non-hydrogen) atoms. The van der Waals surface area contributed by atoms with Gasteiger partial charge in [-0.15, -0.1) is 0 Å². The third kappa shape index (κ3) is 5.35. The number of imidazole rings is 1. The molecule has 6 nitrogen and oxygen atoms in total. The van der Waals surface area contributed by atoms with Crippen molar-refractivity contribution in [3.05, 3.63) is 90.0 Å². The highest BCUT2D eigenvalue weighted by Gasteiger charge is 2.26. The zero-order valence-corrected chi connectivity index (χ0v) is 19.8. The topological polar surface area (TPSA) is 91.9 Å². The number of rotatable bonds is 7. The van der Waals surface area contributed by atoms with E-state index in [1.54, 1.807) is 30.3 Å². The van der Waals surface area contributed by atoms with E-state index in [2.05, 4.69) is 15.3 Å². The molecule has 1 amide bonds. The van der Waals surface area contributed by atoms with Gasteiger partial charge in [-0.2, -0.15) is 0 Å². The fourth-order valence-electron chi connectivity index (χ4n) is 3.24. The van der Waals surface area contributed by atoms with Crippen molar-refractivity contribution < 1.29 is 13.2 Å². The van der Waals surface area contributed by atoms with Crippen molar-refractivity contribution in [2.45, 2.75) is 28.8 Å². The van der Waals surface area contributed by atoms with Gasteiger partial charge in [0.05, 0.1) is 10.6 Å². The zero-order chi connectivity index (χ0) is 23.4. The van der Waals surface area contributed by atoms with Crippen LogP contribution in [0.1, 0.15) is 11.1 Å². The second-order valence-electron chi connectivity index (χ2n) is 7.61. The number of thioether (sulfide) groups is 1. The van der Waals surface area contributed by atoms with Crippen molar-refractivity contribution in [3.63, 3.8) is 0 Å². The summed E-state index contributed by atoms with van der Waals surface area (Å²) in [5.74, 6) is 0.211. The molecule has 0 aliphatic carbocycles. The smallest absolute Gasteiger partial charge is 0.234 e. The minimum atomic E-state index is -3.85. The van der Waals surface area contributed by atoms with Crippen LogP contribution in [0.4, 0.5) is 5.69 Å². The van der Waals surface area contributed by atoms with Crippen molar-refractivity contribution in [2.75, 3.05) is 11.1 Å². The Kier molecular flexibility index (Phi) is 6.67. The van der Waals surface area contributed by atoms with Crippen LogP contribution in [-0.2, 0) is 14.6 Å². The van der Waals surface area contributed by atoms with Gasteiger partial charge in [0.1, 0.15) is 10.9 Å². The molecule has 3 aromatic carbocycles. The van der Waals surface area contributed by atoms with Crippen molar-refractivity contribution >= 4 is 33.2 Å². The van der Waals surface area contributed by atoms with Crippen molar-refractivity contribution in [2.24, 2.45) is 0 Å². The number of carbonyl (C=O) groups is 1. The Morgan fingerprint density at radius 1 is 0.939 bits per heavy atom. The predicted octanol–water partition coefficient (Wildman–Crippen LogP) is 5.26. The summed E-state index contributed by atoms with van der Waals surface area (Å²) >= 11 is 1.09. The monoisotopic (exact) mass is 477 g/mol. The van der Waals surface area contributed by atoms with E-state index in [1.165, 1.54) is 0 Å². The van der Waals surface area contributed by atoms with E-state index in [4.69, 9.17) is 0 Å². The quantitative estimate of drug-likeness (QED) is 0.354. The van der Waals surface area contributed by atoms with E-state index in [-0.39, 0.29) is 26.6 Å². The van der Waals surface area contributed by atoms with E-state index in [1.807, 2.05) is 62.4 Å². The molecule has 2 N–H and O–H groups in total. The minimum absolute atomic E-state index is 0.0161. The third-order valence-electron chi connectivity index (χ3n) is 4.93. The molecule has 8 heteroatoms. The van der Waals surface area contributed by atoms with Crippen molar-refractivity contribution in [1.29, 1.82) is 0 Å². The Morgan fingerprint density at radius 2 is 1.67 bits per heavy atom. The normalized spacial score (nSPS) is 11.3. The largest absolute Gasteiger partial charge is 0.328 e. The lowest BCUT2D eigenvalue weighted by Gasteiger charge is -2.07. The number of anilines is 1. The summed E-state index contributed by atoms with van der Waals surface area (Å²) in [6, 6.07) is 23.3. The van der Waals surface area contributed by atoms with Crippen LogP contribution in [0.3, 0.4) is 0 Å². The lowest BCUT2D eigenvalue weighted by Crippen LogP contribution is -2.14. The molecule has 168 valence electrons. The number of benzene rings is 3. The third-order valence-corrected chi connectivity index (χ3v) is 7.76. The number of aryl methyl sites for hydroxylation is 2. The molecule has 0 unspecified atom stereocenters. The van der Waals surface area contributed by atoms with Gasteiger partial charge in [0, 0.05) is 11.3 Å². The predicted molar refractivity (Wildman–Crippen MR) is 131 cm³/mol. The molecule has 0 atom stereocenters. The molecule has 0 aliphatic heterocycles. The average molecular weight is 478 g/mol. The molecular weight excluding hydrogens is 454 g/mol. The summed E-state index contributed by atoms with van der Waals surface area (Å²) < 4.78 is 26.7. The molecule has 0 spiro atoms. The molecule has 0 aliphatic rings. The number of aromatic nitrogens is 2. The highest BCUT2D eigenvalue weighted by Crippen LogP contribution is 2.32. The summed E-state index contributed by atoms with van der Waals surface area (Å²) in [5, 5.41) is 3.08. The maximum Gasteiger partial charge on any atom is 0.234 e. The molecule has 4 rings (SSSR count). The van der Waals surface area contributed by atoms with E-state index in [0.717, 1.165) is 28.5 Å². The summed E-state index contributed by atoms with van der Waals surface area (Å²) in [4.78, 5) is 20.2. The molecule has 0 saturated carbocycles. The van der Waals surface area contributed by atoms with Gasteiger partial charge in [0.25, 0.3) is 0 Å². The van der Waals surface area contributed by atoms with Crippen molar-refractivity contribution in [3.8, 4) is 11.4 Å². The number of nitrogens with one attached hydrogen (secondary N) is 2. The first-order chi connectivity index (χ1) is 15.8. The summed E-state index contributed by atoms with van der Waals surface area (Å²) in [7, 11) is -3.85. The van der Waals surface area contributed by atoms with Crippen LogP contribution in [0.15, 0.2) is 93.8 Å². The zero-order valence-electron chi connectivity index (χ0n) is 18.2.